The molecule has 0 saturated carbocycles. The SMILES string of the molecule is Cc1ccc(C(N)c2ccc3c(c2)oc(=O)n3C)c(Cl)c1. The molecule has 21 heavy (non-hydrogen) atoms. The van der Waals surface area contributed by atoms with Crippen LogP contribution in [0.2, 0.25) is 5.02 Å². The van der Waals surface area contributed by atoms with E-state index >= 15 is 0 Å². The van der Waals surface area contributed by atoms with Gasteiger partial charge in [-0.2, -0.15) is 0 Å². The van der Waals surface area contributed by atoms with Crippen molar-refractivity contribution in [2.75, 3.05) is 0 Å². The number of aryl methyl sites for hydroxylation is 2. The van der Waals surface area contributed by atoms with E-state index in [0.717, 1.165) is 22.2 Å². The highest BCUT2D eigenvalue weighted by molar-refractivity contribution is 6.31. The van der Waals surface area contributed by atoms with Gasteiger partial charge in [-0.3, -0.25) is 4.57 Å². The van der Waals surface area contributed by atoms with Crippen molar-refractivity contribution in [2.45, 2.75) is 13.0 Å². The zero-order valence-corrected chi connectivity index (χ0v) is 12.5. The molecule has 0 aliphatic heterocycles. The number of nitrogens with zero attached hydrogens (tertiary/aromatic N) is 1. The molecule has 5 heteroatoms. The Morgan fingerprint density at radius 1 is 1.24 bits per heavy atom. The molecule has 3 rings (SSSR count). The first-order valence-corrected chi connectivity index (χ1v) is 6.96. The molecule has 0 spiro atoms. The summed E-state index contributed by atoms with van der Waals surface area (Å²) in [5.41, 5.74) is 10.3. The maximum absolute atomic E-state index is 11.5. The molecule has 3 aromatic rings. The fraction of sp³-hybridized carbons (Fsp3) is 0.188. The smallest absolute Gasteiger partial charge is 0.408 e. The van der Waals surface area contributed by atoms with Gasteiger partial charge in [0.15, 0.2) is 5.58 Å². The molecule has 1 atom stereocenters. The molecule has 1 aromatic heterocycles. The molecule has 0 amide bonds. The van der Waals surface area contributed by atoms with Gasteiger partial charge in [0.1, 0.15) is 0 Å². The van der Waals surface area contributed by atoms with Crippen LogP contribution in [0.3, 0.4) is 0 Å². The van der Waals surface area contributed by atoms with Gasteiger partial charge < -0.3 is 10.2 Å². The monoisotopic (exact) mass is 302 g/mol. The number of hydrogen-bond donors (Lipinski definition) is 1. The largest absolute Gasteiger partial charge is 0.419 e. The van der Waals surface area contributed by atoms with Crippen LogP contribution in [0.25, 0.3) is 11.1 Å². The first-order chi connectivity index (χ1) is 9.97. The molecular formula is C16H15ClN2O2. The Labute approximate surface area is 126 Å². The molecule has 1 unspecified atom stereocenters. The van der Waals surface area contributed by atoms with E-state index in [0.29, 0.717) is 10.6 Å². The predicted octanol–water partition coefficient (Wildman–Crippen LogP) is 3.14. The summed E-state index contributed by atoms with van der Waals surface area (Å²) in [5.74, 6) is -0.385. The maximum atomic E-state index is 11.5. The number of hydrogen-bond acceptors (Lipinski definition) is 3. The lowest BCUT2D eigenvalue weighted by Crippen LogP contribution is -2.12. The van der Waals surface area contributed by atoms with Gasteiger partial charge in [0.05, 0.1) is 11.6 Å². The zero-order valence-electron chi connectivity index (χ0n) is 11.8. The summed E-state index contributed by atoms with van der Waals surface area (Å²) in [4.78, 5) is 11.5. The fourth-order valence-electron chi connectivity index (χ4n) is 2.41. The molecule has 4 nitrogen and oxygen atoms in total. The summed E-state index contributed by atoms with van der Waals surface area (Å²) in [6.45, 7) is 1.98. The molecule has 2 N–H and O–H groups in total. The minimum Gasteiger partial charge on any atom is -0.408 e. The molecule has 0 aliphatic carbocycles. The van der Waals surface area contributed by atoms with E-state index in [1.807, 2.05) is 37.3 Å². The first-order valence-electron chi connectivity index (χ1n) is 6.58. The first kappa shape index (κ1) is 13.9. The second-order valence-electron chi connectivity index (χ2n) is 5.16. The van der Waals surface area contributed by atoms with Crippen molar-refractivity contribution >= 4 is 22.7 Å². The number of benzene rings is 2. The van der Waals surface area contributed by atoms with Gasteiger partial charge in [0.2, 0.25) is 0 Å². The third-order valence-electron chi connectivity index (χ3n) is 3.67. The van der Waals surface area contributed by atoms with Crippen molar-refractivity contribution in [2.24, 2.45) is 12.8 Å². The van der Waals surface area contributed by atoms with Crippen molar-refractivity contribution in [1.82, 2.24) is 4.57 Å². The van der Waals surface area contributed by atoms with Crippen molar-refractivity contribution in [3.63, 3.8) is 0 Å². The Bertz CT molecular complexity index is 880. The van der Waals surface area contributed by atoms with Crippen LogP contribution in [0.1, 0.15) is 22.7 Å². The van der Waals surface area contributed by atoms with E-state index in [1.54, 1.807) is 13.1 Å². The molecule has 0 bridgehead atoms. The van der Waals surface area contributed by atoms with E-state index < -0.39 is 0 Å². The molecular weight excluding hydrogens is 288 g/mol. The average molecular weight is 303 g/mol. The minimum absolute atomic E-state index is 0.368. The topological polar surface area (TPSA) is 61.2 Å². The summed E-state index contributed by atoms with van der Waals surface area (Å²) in [7, 11) is 1.67. The molecule has 0 saturated heterocycles. The Balaban J connectivity index is 2.09. The summed E-state index contributed by atoms with van der Waals surface area (Å²) in [6, 6.07) is 10.9. The van der Waals surface area contributed by atoms with Gasteiger partial charge in [0.25, 0.3) is 0 Å². The summed E-state index contributed by atoms with van der Waals surface area (Å²) in [6.07, 6.45) is 0. The highest BCUT2D eigenvalue weighted by Crippen LogP contribution is 2.28. The maximum Gasteiger partial charge on any atom is 0.419 e. The van der Waals surface area contributed by atoms with Crippen LogP contribution in [0, 0.1) is 6.92 Å². The van der Waals surface area contributed by atoms with Crippen LogP contribution < -0.4 is 11.5 Å². The van der Waals surface area contributed by atoms with E-state index in [1.165, 1.54) is 4.57 Å². The van der Waals surface area contributed by atoms with Crippen molar-refractivity contribution in [3.05, 3.63) is 68.7 Å². The Kier molecular flexibility index (Phi) is 3.35. The number of fused-ring (bicyclic) bond motifs is 1. The quantitative estimate of drug-likeness (QED) is 0.791. The van der Waals surface area contributed by atoms with Crippen LogP contribution in [-0.2, 0) is 7.05 Å². The number of halogens is 1. The Morgan fingerprint density at radius 3 is 2.71 bits per heavy atom. The van der Waals surface area contributed by atoms with Gasteiger partial charge in [-0.05, 0) is 41.8 Å². The lowest BCUT2D eigenvalue weighted by molar-refractivity contribution is 0.527. The average Bonchev–Trinajstić information content (AvgIpc) is 2.73. The molecule has 0 aliphatic rings. The van der Waals surface area contributed by atoms with E-state index in [4.69, 9.17) is 21.8 Å². The van der Waals surface area contributed by atoms with E-state index in [9.17, 15) is 4.79 Å². The van der Waals surface area contributed by atoms with Crippen molar-refractivity contribution in [1.29, 1.82) is 0 Å². The van der Waals surface area contributed by atoms with Crippen molar-refractivity contribution in [3.8, 4) is 0 Å². The van der Waals surface area contributed by atoms with Gasteiger partial charge in [-0.1, -0.05) is 29.8 Å². The summed E-state index contributed by atoms with van der Waals surface area (Å²) in [5, 5.41) is 0.636. The molecule has 2 aromatic carbocycles. The normalized spacial score (nSPS) is 12.8. The number of oxazole rings is 1. The Morgan fingerprint density at radius 2 is 2.00 bits per heavy atom. The highest BCUT2D eigenvalue weighted by Gasteiger charge is 2.15. The van der Waals surface area contributed by atoms with Crippen LogP contribution in [-0.4, -0.2) is 4.57 Å². The van der Waals surface area contributed by atoms with Crippen molar-refractivity contribution < 1.29 is 4.42 Å². The fourth-order valence-corrected chi connectivity index (χ4v) is 2.76. The summed E-state index contributed by atoms with van der Waals surface area (Å²) >= 11 is 6.26. The number of nitrogens with two attached hydrogens (primary N) is 1. The standard InChI is InChI=1S/C16H15ClN2O2/c1-9-3-5-11(12(17)7-9)15(18)10-4-6-13-14(8-10)21-16(20)19(13)2/h3-8,15H,18H2,1-2H3. The second kappa shape index (κ2) is 5.06. The molecule has 1 heterocycles. The van der Waals surface area contributed by atoms with Crippen LogP contribution >= 0.6 is 11.6 Å². The number of aromatic nitrogens is 1. The third-order valence-corrected chi connectivity index (χ3v) is 3.99. The van der Waals surface area contributed by atoms with Crippen LogP contribution in [0.4, 0.5) is 0 Å². The van der Waals surface area contributed by atoms with Crippen LogP contribution in [0.15, 0.2) is 45.6 Å². The molecule has 0 fully saturated rings. The van der Waals surface area contributed by atoms with E-state index in [-0.39, 0.29) is 11.8 Å². The second-order valence-corrected chi connectivity index (χ2v) is 5.56. The van der Waals surface area contributed by atoms with Gasteiger partial charge in [-0.15, -0.1) is 0 Å². The van der Waals surface area contributed by atoms with E-state index in [2.05, 4.69) is 0 Å². The predicted molar refractivity (Wildman–Crippen MR) is 83.7 cm³/mol. The zero-order chi connectivity index (χ0) is 15.1. The lowest BCUT2D eigenvalue weighted by atomic mass is 9.98. The van der Waals surface area contributed by atoms with Gasteiger partial charge in [-0.25, -0.2) is 4.79 Å². The molecule has 108 valence electrons. The minimum atomic E-state index is -0.385. The summed E-state index contributed by atoms with van der Waals surface area (Å²) < 4.78 is 6.66. The van der Waals surface area contributed by atoms with Gasteiger partial charge >= 0.3 is 5.76 Å². The Hall–Kier alpha value is -2.04. The van der Waals surface area contributed by atoms with Gasteiger partial charge in [0, 0.05) is 12.1 Å². The third kappa shape index (κ3) is 2.37. The van der Waals surface area contributed by atoms with Crippen LogP contribution in [0.5, 0.6) is 0 Å². The highest BCUT2D eigenvalue weighted by atomic mass is 35.5. The number of rotatable bonds is 2. The molecule has 0 radical (unpaired) electrons. The lowest BCUT2D eigenvalue weighted by Gasteiger charge is -2.14.